The van der Waals surface area contributed by atoms with E-state index in [1.165, 1.54) is 0 Å². The van der Waals surface area contributed by atoms with Crippen LogP contribution in [-0.2, 0) is 14.3 Å². The first-order chi connectivity index (χ1) is 6.02. The van der Waals surface area contributed by atoms with Crippen LogP contribution in [0.3, 0.4) is 0 Å². The molecule has 0 aliphatic rings. The molecule has 0 bridgehead atoms. The average molecular weight is 274 g/mol. The molecule has 0 aromatic heterocycles. The van der Waals surface area contributed by atoms with Gasteiger partial charge in [0.1, 0.15) is 6.04 Å². The predicted octanol–water partition coefficient (Wildman–Crippen LogP) is 0.773. The Morgan fingerprint density at radius 2 is 2.15 bits per heavy atom. The predicted molar refractivity (Wildman–Crippen MR) is 48.7 cm³/mol. The van der Waals surface area contributed by atoms with Crippen molar-refractivity contribution in [3.63, 3.8) is 0 Å². The van der Waals surface area contributed by atoms with Gasteiger partial charge < -0.3 is 9.94 Å². The molecule has 7 heteroatoms. The Balaban J connectivity index is 4.06. The van der Waals surface area contributed by atoms with E-state index in [1.807, 2.05) is 0 Å². The van der Waals surface area contributed by atoms with Gasteiger partial charge >= 0.3 is 11.9 Å². The average Bonchev–Trinajstić information content (AvgIpc) is 2.06. The number of ether oxygens (including phenoxy) is 1. The monoisotopic (exact) mass is 273 g/mol. The second-order valence-corrected chi connectivity index (χ2v) is 4.01. The van der Waals surface area contributed by atoms with Crippen molar-refractivity contribution >= 4 is 39.5 Å². The molecule has 2 atom stereocenters. The maximum Gasteiger partial charge on any atom is 0.342 e. The van der Waals surface area contributed by atoms with Gasteiger partial charge in [-0.15, -0.1) is 0 Å². The third-order valence-electron chi connectivity index (χ3n) is 1.23. The topological polar surface area (TPSA) is 75.6 Å². The third-order valence-corrected chi connectivity index (χ3v) is 1.78. The number of nitrogens with one attached hydrogen (secondary N) is 1. The van der Waals surface area contributed by atoms with E-state index in [-0.39, 0.29) is 0 Å². The Morgan fingerprint density at radius 1 is 1.62 bits per heavy atom. The van der Waals surface area contributed by atoms with E-state index >= 15 is 0 Å². The molecule has 0 radical (unpaired) electrons. The van der Waals surface area contributed by atoms with Crippen molar-refractivity contribution in [1.29, 1.82) is 0 Å². The highest BCUT2D eigenvalue weighted by Crippen LogP contribution is 2.07. The molecule has 0 aliphatic heterocycles. The summed E-state index contributed by atoms with van der Waals surface area (Å²) in [6.45, 7) is 1.64. The Labute approximate surface area is 88.5 Å². The van der Waals surface area contributed by atoms with Crippen LogP contribution in [0.4, 0.5) is 0 Å². The number of hydrogen-bond donors (Lipinski definition) is 2. The molecule has 0 spiro atoms. The van der Waals surface area contributed by atoms with Crippen molar-refractivity contribution in [3.05, 3.63) is 0 Å². The van der Waals surface area contributed by atoms with Gasteiger partial charge in [0.25, 0.3) is 0 Å². The first-order valence-electron chi connectivity index (χ1n) is 3.46. The van der Waals surface area contributed by atoms with Gasteiger partial charge in [-0.1, -0.05) is 34.5 Å². The van der Waals surface area contributed by atoms with Gasteiger partial charge in [-0.3, -0.25) is 0 Å². The molecule has 2 unspecified atom stereocenters. The van der Waals surface area contributed by atoms with Crippen LogP contribution in [-0.4, -0.2) is 27.5 Å². The molecular weight excluding hydrogens is 265 g/mol. The van der Waals surface area contributed by atoms with E-state index in [0.29, 0.717) is 6.42 Å². The molecular formula is C6H9BrClNO4. The standard InChI is InChI=1S/C6H9BrClNO4/c1-2-3(9-12)5(10)13-6(11)4(7)8/h3-4,9,12H,2H2,1H3. The van der Waals surface area contributed by atoms with E-state index in [9.17, 15) is 9.59 Å². The summed E-state index contributed by atoms with van der Waals surface area (Å²) in [5, 5.41) is 8.44. The van der Waals surface area contributed by atoms with Gasteiger partial charge in [0.2, 0.25) is 0 Å². The number of carbonyl (C=O) groups is 2. The van der Waals surface area contributed by atoms with E-state index < -0.39 is 22.3 Å². The van der Waals surface area contributed by atoms with Crippen molar-refractivity contribution in [2.45, 2.75) is 23.7 Å². The Hall–Kier alpha value is -0.170. The van der Waals surface area contributed by atoms with Crippen LogP contribution in [0.25, 0.3) is 0 Å². The molecule has 5 nitrogen and oxygen atoms in total. The number of halogens is 2. The quantitative estimate of drug-likeness (QED) is 0.343. The third kappa shape index (κ3) is 4.56. The lowest BCUT2D eigenvalue weighted by molar-refractivity contribution is -0.161. The highest BCUT2D eigenvalue weighted by molar-refractivity contribution is 9.10. The van der Waals surface area contributed by atoms with Gasteiger partial charge in [0.05, 0.1) is 0 Å². The van der Waals surface area contributed by atoms with E-state index in [4.69, 9.17) is 16.8 Å². The molecule has 13 heavy (non-hydrogen) atoms. The maximum absolute atomic E-state index is 11.0. The minimum atomic E-state index is -1.06. The summed E-state index contributed by atoms with van der Waals surface area (Å²) >= 11 is 7.99. The van der Waals surface area contributed by atoms with Crippen LogP contribution in [0.15, 0.2) is 0 Å². The number of carbonyl (C=O) groups excluding carboxylic acids is 2. The molecule has 2 N–H and O–H groups in total. The lowest BCUT2D eigenvalue weighted by Crippen LogP contribution is -2.37. The molecule has 0 fully saturated rings. The van der Waals surface area contributed by atoms with Crippen molar-refractivity contribution in [1.82, 2.24) is 5.48 Å². The molecule has 0 saturated carbocycles. The van der Waals surface area contributed by atoms with Gasteiger partial charge in [0, 0.05) is 0 Å². The lowest BCUT2D eigenvalue weighted by atomic mass is 10.2. The second-order valence-electron chi connectivity index (χ2n) is 2.13. The van der Waals surface area contributed by atoms with Crippen LogP contribution in [0.2, 0.25) is 0 Å². The molecule has 0 amide bonds. The molecule has 0 heterocycles. The minimum Gasteiger partial charge on any atom is -0.390 e. The number of esters is 2. The molecule has 0 aliphatic carbocycles. The maximum atomic E-state index is 11.0. The first kappa shape index (κ1) is 12.8. The zero-order chi connectivity index (χ0) is 10.4. The summed E-state index contributed by atoms with van der Waals surface area (Å²) in [6, 6.07) is -0.910. The highest BCUT2D eigenvalue weighted by atomic mass is 79.9. The summed E-state index contributed by atoms with van der Waals surface area (Å²) < 4.78 is 3.21. The Kier molecular flexibility index (Phi) is 6.23. The van der Waals surface area contributed by atoms with Crippen LogP contribution in [0, 0.1) is 0 Å². The normalized spacial score (nSPS) is 14.8. The van der Waals surface area contributed by atoms with E-state index in [0.717, 1.165) is 0 Å². The fraction of sp³-hybridized carbons (Fsp3) is 0.667. The van der Waals surface area contributed by atoms with E-state index in [1.54, 1.807) is 12.4 Å². The fourth-order valence-corrected chi connectivity index (χ4v) is 0.663. The molecule has 0 saturated heterocycles. The smallest absolute Gasteiger partial charge is 0.342 e. The number of hydrogen-bond acceptors (Lipinski definition) is 5. The summed E-state index contributed by atoms with van der Waals surface area (Å²) in [5.41, 5.74) is 1.71. The van der Waals surface area contributed by atoms with Gasteiger partial charge in [-0.2, -0.15) is 5.48 Å². The van der Waals surface area contributed by atoms with Crippen LogP contribution in [0.5, 0.6) is 0 Å². The summed E-state index contributed by atoms with van der Waals surface area (Å²) in [5.74, 6) is -1.76. The summed E-state index contributed by atoms with van der Waals surface area (Å²) in [4.78, 5) is 21.7. The fourth-order valence-electron chi connectivity index (χ4n) is 0.525. The lowest BCUT2D eigenvalue weighted by Gasteiger charge is -2.10. The molecule has 0 rings (SSSR count). The molecule has 0 aromatic rings. The zero-order valence-corrected chi connectivity index (χ0v) is 9.13. The Morgan fingerprint density at radius 3 is 2.46 bits per heavy atom. The number of alkyl halides is 2. The Bertz CT molecular complexity index is 195. The van der Waals surface area contributed by atoms with E-state index in [2.05, 4.69) is 20.7 Å². The summed E-state index contributed by atoms with van der Waals surface area (Å²) in [6.07, 6.45) is 0.303. The van der Waals surface area contributed by atoms with Gasteiger partial charge in [0.15, 0.2) is 4.29 Å². The van der Waals surface area contributed by atoms with Gasteiger partial charge in [-0.25, -0.2) is 9.59 Å². The molecule has 0 aromatic carbocycles. The number of rotatable bonds is 4. The number of hydroxylamine groups is 1. The SMILES string of the molecule is CCC(NO)C(=O)OC(=O)C(Cl)Br. The van der Waals surface area contributed by atoms with Crippen LogP contribution >= 0.6 is 27.5 Å². The van der Waals surface area contributed by atoms with Crippen molar-refractivity contribution in [2.24, 2.45) is 0 Å². The van der Waals surface area contributed by atoms with Crippen molar-refractivity contribution in [3.8, 4) is 0 Å². The van der Waals surface area contributed by atoms with Crippen molar-refractivity contribution in [2.75, 3.05) is 0 Å². The zero-order valence-electron chi connectivity index (χ0n) is 6.79. The highest BCUT2D eigenvalue weighted by Gasteiger charge is 2.23. The van der Waals surface area contributed by atoms with Crippen LogP contribution in [0.1, 0.15) is 13.3 Å². The largest absolute Gasteiger partial charge is 0.390 e. The summed E-state index contributed by atoms with van der Waals surface area (Å²) in [7, 11) is 0. The second kappa shape index (κ2) is 6.31. The van der Waals surface area contributed by atoms with Crippen LogP contribution < -0.4 is 5.48 Å². The minimum absolute atomic E-state index is 0.303. The first-order valence-corrected chi connectivity index (χ1v) is 4.81. The molecule has 76 valence electrons. The van der Waals surface area contributed by atoms with Gasteiger partial charge in [-0.05, 0) is 6.42 Å². The van der Waals surface area contributed by atoms with Crippen molar-refractivity contribution < 1.29 is 19.5 Å².